The van der Waals surface area contributed by atoms with Crippen molar-refractivity contribution in [2.45, 2.75) is 31.8 Å². The molecule has 0 bridgehead atoms. The first-order valence-corrected chi connectivity index (χ1v) is 5.10. The highest BCUT2D eigenvalue weighted by atomic mass is 16.5. The summed E-state index contributed by atoms with van der Waals surface area (Å²) < 4.78 is 4.72. The molecule has 0 saturated heterocycles. The SMILES string of the molecule is Cc1nc(CNC(=O)NC2(C(=O)O)CC2)no1. The highest BCUT2D eigenvalue weighted by Gasteiger charge is 2.51. The standard InChI is InChI=1S/C9H12N4O4/c1-5-11-6(13-17-5)4-10-8(16)12-9(2-3-9)7(14)15/h2-4H2,1H3,(H,14,15)(H2,10,12,16). The summed E-state index contributed by atoms with van der Waals surface area (Å²) in [5, 5.41) is 17.3. The molecule has 1 saturated carbocycles. The van der Waals surface area contributed by atoms with Crippen molar-refractivity contribution in [1.29, 1.82) is 0 Å². The number of carbonyl (C=O) groups excluding carboxylic acids is 1. The first-order chi connectivity index (χ1) is 8.02. The second kappa shape index (κ2) is 4.04. The van der Waals surface area contributed by atoms with Crippen molar-refractivity contribution in [1.82, 2.24) is 20.8 Å². The number of hydrogen-bond acceptors (Lipinski definition) is 5. The fourth-order valence-electron chi connectivity index (χ4n) is 1.35. The molecule has 1 heterocycles. The molecular formula is C9H12N4O4. The lowest BCUT2D eigenvalue weighted by atomic mass is 10.3. The number of carbonyl (C=O) groups is 2. The van der Waals surface area contributed by atoms with Crippen molar-refractivity contribution >= 4 is 12.0 Å². The number of hydrogen-bond donors (Lipinski definition) is 3. The maximum Gasteiger partial charge on any atom is 0.329 e. The number of amides is 2. The van der Waals surface area contributed by atoms with Gasteiger partial charge in [-0.2, -0.15) is 4.98 Å². The third kappa shape index (κ3) is 2.52. The molecule has 17 heavy (non-hydrogen) atoms. The van der Waals surface area contributed by atoms with E-state index in [-0.39, 0.29) is 6.54 Å². The van der Waals surface area contributed by atoms with Crippen LogP contribution in [0.3, 0.4) is 0 Å². The van der Waals surface area contributed by atoms with Gasteiger partial charge in [0.1, 0.15) is 5.54 Å². The third-order valence-electron chi connectivity index (χ3n) is 2.49. The summed E-state index contributed by atoms with van der Waals surface area (Å²) >= 11 is 0. The molecular weight excluding hydrogens is 228 g/mol. The maximum atomic E-state index is 11.4. The van der Waals surface area contributed by atoms with Crippen molar-refractivity contribution in [2.24, 2.45) is 0 Å². The maximum absolute atomic E-state index is 11.4. The second-order valence-corrected chi connectivity index (χ2v) is 3.92. The van der Waals surface area contributed by atoms with Crippen LogP contribution in [-0.2, 0) is 11.3 Å². The number of urea groups is 1. The summed E-state index contributed by atoms with van der Waals surface area (Å²) in [5.74, 6) is -0.257. The molecule has 0 spiro atoms. The van der Waals surface area contributed by atoms with Gasteiger partial charge in [-0.15, -0.1) is 0 Å². The van der Waals surface area contributed by atoms with Gasteiger partial charge in [0.25, 0.3) is 0 Å². The lowest BCUT2D eigenvalue weighted by Gasteiger charge is -2.12. The van der Waals surface area contributed by atoms with Gasteiger partial charge in [0.15, 0.2) is 5.82 Å². The van der Waals surface area contributed by atoms with Gasteiger partial charge >= 0.3 is 12.0 Å². The molecule has 1 aliphatic carbocycles. The predicted octanol–water partition coefficient (Wildman–Crippen LogP) is -0.206. The average molecular weight is 240 g/mol. The van der Waals surface area contributed by atoms with Crippen LogP contribution < -0.4 is 10.6 Å². The van der Waals surface area contributed by atoms with Crippen molar-refractivity contribution in [3.63, 3.8) is 0 Å². The zero-order valence-electron chi connectivity index (χ0n) is 9.19. The summed E-state index contributed by atoms with van der Waals surface area (Å²) in [6, 6.07) is -0.549. The quantitative estimate of drug-likeness (QED) is 0.670. The average Bonchev–Trinajstić information content (AvgIpc) is 2.92. The lowest BCUT2D eigenvalue weighted by molar-refractivity contribution is -0.140. The number of carboxylic acid groups (broad SMARTS) is 1. The summed E-state index contributed by atoms with van der Waals surface area (Å²) in [7, 11) is 0. The van der Waals surface area contributed by atoms with Crippen molar-refractivity contribution in [3.05, 3.63) is 11.7 Å². The second-order valence-electron chi connectivity index (χ2n) is 3.92. The van der Waals surface area contributed by atoms with Crippen LogP contribution in [0.2, 0.25) is 0 Å². The fourth-order valence-corrected chi connectivity index (χ4v) is 1.35. The van der Waals surface area contributed by atoms with E-state index in [1.54, 1.807) is 6.92 Å². The monoisotopic (exact) mass is 240 g/mol. The van der Waals surface area contributed by atoms with Crippen LogP contribution in [-0.4, -0.2) is 32.8 Å². The molecule has 0 aromatic carbocycles. The van der Waals surface area contributed by atoms with E-state index in [1.807, 2.05) is 0 Å². The van der Waals surface area contributed by atoms with Gasteiger partial charge in [0, 0.05) is 6.92 Å². The summed E-state index contributed by atoms with van der Waals surface area (Å²) in [5.41, 5.74) is -1.09. The fraction of sp³-hybridized carbons (Fsp3) is 0.556. The molecule has 1 aromatic rings. The minimum Gasteiger partial charge on any atom is -0.480 e. The number of aryl methyl sites for hydroxylation is 1. The lowest BCUT2D eigenvalue weighted by Crippen LogP contribution is -2.47. The Bertz CT molecular complexity index is 452. The van der Waals surface area contributed by atoms with E-state index < -0.39 is 17.5 Å². The van der Waals surface area contributed by atoms with E-state index in [1.165, 1.54) is 0 Å². The van der Waals surface area contributed by atoms with Crippen molar-refractivity contribution in [2.75, 3.05) is 0 Å². The summed E-state index contributed by atoms with van der Waals surface area (Å²) in [4.78, 5) is 26.1. The molecule has 2 amide bonds. The van der Waals surface area contributed by atoms with E-state index in [9.17, 15) is 9.59 Å². The number of carboxylic acids is 1. The van der Waals surface area contributed by atoms with Gasteiger partial charge in [0.2, 0.25) is 5.89 Å². The number of nitrogens with one attached hydrogen (secondary N) is 2. The number of aromatic nitrogens is 2. The van der Waals surface area contributed by atoms with Gasteiger partial charge in [-0.1, -0.05) is 5.16 Å². The van der Waals surface area contributed by atoms with Crippen LogP contribution in [0.25, 0.3) is 0 Å². The molecule has 0 radical (unpaired) electrons. The Hall–Kier alpha value is -2.12. The largest absolute Gasteiger partial charge is 0.480 e. The van der Waals surface area contributed by atoms with Gasteiger partial charge in [0.05, 0.1) is 6.54 Å². The molecule has 3 N–H and O–H groups in total. The Morgan fingerprint density at radius 1 is 1.53 bits per heavy atom. The molecule has 8 nitrogen and oxygen atoms in total. The summed E-state index contributed by atoms with van der Waals surface area (Å²) in [6.45, 7) is 1.74. The van der Waals surface area contributed by atoms with E-state index in [0.717, 1.165) is 0 Å². The van der Waals surface area contributed by atoms with Crippen LogP contribution in [0.1, 0.15) is 24.6 Å². The van der Waals surface area contributed by atoms with Gasteiger partial charge in [-0.25, -0.2) is 9.59 Å². The smallest absolute Gasteiger partial charge is 0.329 e. The Morgan fingerprint density at radius 3 is 2.71 bits per heavy atom. The first kappa shape index (κ1) is 11.4. The van der Waals surface area contributed by atoms with Crippen LogP contribution in [0.15, 0.2) is 4.52 Å². The van der Waals surface area contributed by atoms with Crippen LogP contribution in [0, 0.1) is 6.92 Å². The van der Waals surface area contributed by atoms with E-state index >= 15 is 0 Å². The van der Waals surface area contributed by atoms with Gasteiger partial charge < -0.3 is 20.3 Å². The molecule has 92 valence electrons. The minimum absolute atomic E-state index is 0.0961. The number of nitrogens with zero attached hydrogens (tertiary/aromatic N) is 2. The normalized spacial score (nSPS) is 16.3. The Balaban J connectivity index is 1.80. The molecule has 2 rings (SSSR count). The topological polar surface area (TPSA) is 117 Å². The predicted molar refractivity (Wildman–Crippen MR) is 54.0 cm³/mol. The molecule has 0 atom stereocenters. The Kier molecular flexibility index (Phi) is 2.70. The Labute approximate surface area is 96.4 Å². The molecule has 1 aliphatic rings. The molecule has 1 fully saturated rings. The van der Waals surface area contributed by atoms with E-state index in [4.69, 9.17) is 9.63 Å². The van der Waals surface area contributed by atoms with Crippen LogP contribution >= 0.6 is 0 Å². The molecule has 0 unspecified atom stereocenters. The van der Waals surface area contributed by atoms with Crippen molar-refractivity contribution in [3.8, 4) is 0 Å². The zero-order chi connectivity index (χ0) is 12.5. The van der Waals surface area contributed by atoms with Gasteiger partial charge in [-0.3, -0.25) is 0 Å². The highest BCUT2D eigenvalue weighted by Crippen LogP contribution is 2.35. The van der Waals surface area contributed by atoms with Gasteiger partial charge in [-0.05, 0) is 12.8 Å². The third-order valence-corrected chi connectivity index (χ3v) is 2.49. The minimum atomic E-state index is -1.09. The zero-order valence-corrected chi connectivity index (χ0v) is 9.19. The molecule has 0 aliphatic heterocycles. The Morgan fingerprint density at radius 2 is 2.24 bits per heavy atom. The van der Waals surface area contributed by atoms with E-state index in [2.05, 4.69) is 20.8 Å². The number of aliphatic carboxylic acids is 1. The highest BCUT2D eigenvalue weighted by molar-refractivity contribution is 5.88. The first-order valence-electron chi connectivity index (χ1n) is 5.10. The molecule has 8 heteroatoms. The molecule has 1 aromatic heterocycles. The van der Waals surface area contributed by atoms with Crippen molar-refractivity contribution < 1.29 is 19.2 Å². The summed E-state index contributed by atoms with van der Waals surface area (Å²) in [6.07, 6.45) is 0.911. The number of rotatable bonds is 4. The van der Waals surface area contributed by atoms with E-state index in [0.29, 0.717) is 24.6 Å². The van der Waals surface area contributed by atoms with Crippen LogP contribution in [0.4, 0.5) is 4.79 Å². The van der Waals surface area contributed by atoms with Crippen LogP contribution in [0.5, 0.6) is 0 Å².